The van der Waals surface area contributed by atoms with Gasteiger partial charge in [0.25, 0.3) is 0 Å². The van der Waals surface area contributed by atoms with Crippen LogP contribution in [0.5, 0.6) is 0 Å². The first kappa shape index (κ1) is 24.4. The molecule has 3 fully saturated rings. The van der Waals surface area contributed by atoms with Crippen LogP contribution in [0.3, 0.4) is 0 Å². The number of nitrogens with zero attached hydrogens (tertiary/aromatic N) is 4. The first-order valence-electron chi connectivity index (χ1n) is 12.1. The van der Waals surface area contributed by atoms with Crippen molar-refractivity contribution in [2.24, 2.45) is 11.8 Å². The smallest absolute Gasteiger partial charge is 0.248 e. The number of hydrazine groups is 1. The molecule has 0 aromatic carbocycles. The van der Waals surface area contributed by atoms with E-state index >= 15 is 0 Å². The summed E-state index contributed by atoms with van der Waals surface area (Å²) in [6.07, 6.45) is 7.34. The molecule has 1 aromatic heterocycles. The maximum absolute atomic E-state index is 13.4. The minimum absolute atomic E-state index is 0.0850. The van der Waals surface area contributed by atoms with Gasteiger partial charge in [-0.05, 0) is 30.9 Å². The van der Waals surface area contributed by atoms with E-state index in [0.717, 1.165) is 44.6 Å². The minimum Gasteiger partial charge on any atom is -0.378 e. The number of rotatable bonds is 9. The van der Waals surface area contributed by atoms with Gasteiger partial charge in [0.1, 0.15) is 11.9 Å². The number of pyridine rings is 1. The van der Waals surface area contributed by atoms with Crippen molar-refractivity contribution in [3.63, 3.8) is 0 Å². The van der Waals surface area contributed by atoms with Crippen LogP contribution < -0.4 is 15.6 Å². The van der Waals surface area contributed by atoms with Crippen molar-refractivity contribution >= 4 is 29.7 Å². The van der Waals surface area contributed by atoms with Gasteiger partial charge in [-0.2, -0.15) is 0 Å². The third-order valence-electron chi connectivity index (χ3n) is 6.87. The van der Waals surface area contributed by atoms with Crippen molar-refractivity contribution in [2.75, 3.05) is 49.6 Å². The number of carbonyl (C=O) groups excluding carboxylic acids is 3. The molecular weight excluding hydrogens is 440 g/mol. The van der Waals surface area contributed by atoms with Gasteiger partial charge in [0.05, 0.1) is 37.6 Å². The maximum Gasteiger partial charge on any atom is 0.248 e. The van der Waals surface area contributed by atoms with Crippen molar-refractivity contribution in [3.05, 3.63) is 18.3 Å². The zero-order valence-corrected chi connectivity index (χ0v) is 19.4. The normalized spacial score (nSPS) is 22.0. The van der Waals surface area contributed by atoms with E-state index in [9.17, 15) is 19.6 Å². The van der Waals surface area contributed by atoms with Crippen molar-refractivity contribution in [2.45, 2.75) is 44.6 Å². The molecule has 4 rings (SSSR count). The quantitative estimate of drug-likeness (QED) is 0.275. The lowest BCUT2D eigenvalue weighted by atomic mass is 9.92. The van der Waals surface area contributed by atoms with Crippen LogP contribution in [0.25, 0.3) is 0 Å². The summed E-state index contributed by atoms with van der Waals surface area (Å²) in [5, 5.41) is 14.5. The highest BCUT2D eigenvalue weighted by Crippen LogP contribution is 2.31. The number of hydrogen-bond acceptors (Lipinski definition) is 8. The molecule has 11 nitrogen and oxygen atoms in total. The zero-order chi connectivity index (χ0) is 23.9. The molecule has 34 heavy (non-hydrogen) atoms. The number of morpholine rings is 1. The monoisotopic (exact) mass is 474 g/mol. The number of hydrogen-bond donors (Lipinski definition) is 3. The molecule has 3 heterocycles. The Bertz CT molecular complexity index is 841. The van der Waals surface area contributed by atoms with Gasteiger partial charge in [0.2, 0.25) is 18.2 Å². The topological polar surface area (TPSA) is 127 Å². The Labute approximate surface area is 199 Å². The standard InChI is InChI=1S/C23H34N6O5/c30-16-28(33)15-18(13-17-3-1-2-4-17)23(32)29-20(7-8-25-29)22(31)26-19-5-6-21(24-14-19)27-9-11-34-12-10-27/h5-6,14,16-18,20,25,33H,1-4,7-13,15H2,(H,26,31). The summed E-state index contributed by atoms with van der Waals surface area (Å²) in [5.74, 6) is 0.0779. The van der Waals surface area contributed by atoms with Crippen molar-refractivity contribution in [1.82, 2.24) is 20.5 Å². The lowest BCUT2D eigenvalue weighted by Crippen LogP contribution is -2.51. The van der Waals surface area contributed by atoms with Gasteiger partial charge in [0, 0.05) is 19.6 Å². The van der Waals surface area contributed by atoms with Gasteiger partial charge in [-0.3, -0.25) is 24.6 Å². The molecule has 1 saturated carbocycles. The number of ether oxygens (including phenoxy) is 1. The van der Waals surface area contributed by atoms with Gasteiger partial charge < -0.3 is 15.0 Å². The van der Waals surface area contributed by atoms with E-state index in [1.165, 1.54) is 5.01 Å². The average Bonchev–Trinajstić information content (AvgIpc) is 3.56. The fourth-order valence-electron chi connectivity index (χ4n) is 5.07. The number of aromatic nitrogens is 1. The van der Waals surface area contributed by atoms with Crippen LogP contribution in [0.2, 0.25) is 0 Å². The number of nitrogens with one attached hydrogen (secondary N) is 2. The number of hydroxylamine groups is 2. The lowest BCUT2D eigenvalue weighted by Gasteiger charge is -2.30. The lowest BCUT2D eigenvalue weighted by molar-refractivity contribution is -0.159. The molecule has 2 saturated heterocycles. The fraction of sp³-hybridized carbons (Fsp3) is 0.652. The van der Waals surface area contributed by atoms with E-state index in [0.29, 0.717) is 55.7 Å². The molecule has 0 bridgehead atoms. The molecule has 3 amide bonds. The van der Waals surface area contributed by atoms with E-state index < -0.39 is 12.0 Å². The summed E-state index contributed by atoms with van der Waals surface area (Å²) in [6.45, 7) is 3.30. The molecule has 186 valence electrons. The zero-order valence-electron chi connectivity index (χ0n) is 19.4. The van der Waals surface area contributed by atoms with Gasteiger partial charge in [0.15, 0.2) is 0 Å². The first-order valence-corrected chi connectivity index (χ1v) is 12.1. The van der Waals surface area contributed by atoms with E-state index in [4.69, 9.17) is 4.74 Å². The van der Waals surface area contributed by atoms with Crippen LogP contribution in [-0.2, 0) is 19.1 Å². The van der Waals surface area contributed by atoms with E-state index in [1.807, 2.05) is 6.07 Å². The summed E-state index contributed by atoms with van der Waals surface area (Å²) in [5.41, 5.74) is 3.58. The van der Waals surface area contributed by atoms with Crippen molar-refractivity contribution in [1.29, 1.82) is 0 Å². The van der Waals surface area contributed by atoms with Gasteiger partial charge in [-0.25, -0.2) is 15.5 Å². The summed E-state index contributed by atoms with van der Waals surface area (Å²) >= 11 is 0. The van der Waals surface area contributed by atoms with E-state index in [-0.39, 0.29) is 18.4 Å². The third-order valence-corrected chi connectivity index (χ3v) is 6.87. The molecule has 2 atom stereocenters. The highest BCUT2D eigenvalue weighted by molar-refractivity contribution is 5.97. The Morgan fingerprint density at radius 3 is 2.71 bits per heavy atom. The fourth-order valence-corrected chi connectivity index (χ4v) is 5.07. The maximum atomic E-state index is 13.4. The molecular formula is C23H34N6O5. The largest absolute Gasteiger partial charge is 0.378 e. The predicted molar refractivity (Wildman–Crippen MR) is 124 cm³/mol. The van der Waals surface area contributed by atoms with Crippen LogP contribution in [0.1, 0.15) is 38.5 Å². The number of carbonyl (C=O) groups is 3. The molecule has 0 spiro atoms. The third kappa shape index (κ3) is 6.02. The van der Waals surface area contributed by atoms with Crippen molar-refractivity contribution < 1.29 is 24.3 Å². The Morgan fingerprint density at radius 1 is 1.26 bits per heavy atom. The summed E-state index contributed by atoms with van der Waals surface area (Å²) in [6, 6.07) is 2.99. The van der Waals surface area contributed by atoms with Crippen LogP contribution in [0.4, 0.5) is 11.5 Å². The Balaban J connectivity index is 1.38. The number of amides is 3. The molecule has 2 unspecified atom stereocenters. The second kappa shape index (κ2) is 11.6. The first-order chi connectivity index (χ1) is 16.5. The molecule has 2 aliphatic heterocycles. The average molecular weight is 475 g/mol. The minimum atomic E-state index is -0.680. The van der Waals surface area contributed by atoms with Crippen molar-refractivity contribution in [3.8, 4) is 0 Å². The highest BCUT2D eigenvalue weighted by Gasteiger charge is 2.39. The second-order valence-electron chi connectivity index (χ2n) is 9.23. The summed E-state index contributed by atoms with van der Waals surface area (Å²) < 4.78 is 5.37. The predicted octanol–water partition coefficient (Wildman–Crippen LogP) is 1.01. The van der Waals surface area contributed by atoms with Gasteiger partial charge in [-0.15, -0.1) is 0 Å². The second-order valence-corrected chi connectivity index (χ2v) is 9.23. The SMILES string of the molecule is O=CN(O)CC(CC1CCCC1)C(=O)N1NCCC1C(=O)Nc1ccc(N2CCOCC2)nc1. The van der Waals surface area contributed by atoms with Crippen LogP contribution in [-0.4, -0.2) is 83.9 Å². The summed E-state index contributed by atoms with van der Waals surface area (Å²) in [7, 11) is 0. The Kier molecular flexibility index (Phi) is 8.30. The van der Waals surface area contributed by atoms with Gasteiger partial charge in [-0.1, -0.05) is 25.7 Å². The van der Waals surface area contributed by atoms with E-state index in [1.54, 1.807) is 12.3 Å². The molecule has 3 N–H and O–H groups in total. The van der Waals surface area contributed by atoms with E-state index in [2.05, 4.69) is 20.6 Å². The van der Waals surface area contributed by atoms with Crippen LogP contribution in [0.15, 0.2) is 18.3 Å². The molecule has 1 aliphatic carbocycles. The Morgan fingerprint density at radius 2 is 2.03 bits per heavy atom. The van der Waals surface area contributed by atoms with Crippen LogP contribution in [0, 0.1) is 11.8 Å². The molecule has 1 aromatic rings. The summed E-state index contributed by atoms with van der Waals surface area (Å²) in [4.78, 5) is 44.0. The Hall–Kier alpha value is -2.76. The highest BCUT2D eigenvalue weighted by atomic mass is 16.5. The van der Waals surface area contributed by atoms with Crippen LogP contribution >= 0.6 is 0 Å². The molecule has 11 heteroatoms. The van der Waals surface area contributed by atoms with Gasteiger partial charge >= 0.3 is 0 Å². The molecule has 0 radical (unpaired) electrons. The number of anilines is 2. The molecule has 3 aliphatic rings.